The average molecular weight is 420 g/mol. The molecule has 3 rings (SSSR count). The van der Waals surface area contributed by atoms with E-state index in [1.54, 1.807) is 24.3 Å². The van der Waals surface area contributed by atoms with Crippen LogP contribution in [0.25, 0.3) is 0 Å². The molecule has 1 saturated heterocycles. The summed E-state index contributed by atoms with van der Waals surface area (Å²) in [6.07, 6.45) is 0.956. The Balaban J connectivity index is 1.96. The van der Waals surface area contributed by atoms with Gasteiger partial charge in [-0.2, -0.15) is 4.31 Å². The molecule has 1 aliphatic rings. The number of sulfonamides is 1. The Labute approximate surface area is 170 Å². The largest absolute Gasteiger partial charge is 0.493 e. The number of methoxy groups -OCH3 is 1. The maximum absolute atomic E-state index is 13.1. The van der Waals surface area contributed by atoms with Gasteiger partial charge in [0.25, 0.3) is 0 Å². The maximum atomic E-state index is 13.1. The van der Waals surface area contributed by atoms with Gasteiger partial charge in [0.05, 0.1) is 16.9 Å². The normalized spacial score (nSPS) is 20.2. The van der Waals surface area contributed by atoms with E-state index in [9.17, 15) is 18.5 Å². The summed E-state index contributed by atoms with van der Waals surface area (Å²) in [5.41, 5.74) is -0.421. The molecule has 2 aromatic rings. The number of nitrogens with zero attached hydrogens (tertiary/aromatic N) is 2. The van der Waals surface area contributed by atoms with Crippen LogP contribution >= 0.6 is 0 Å². The smallest absolute Gasteiger partial charge is 0.312 e. The molecule has 1 fully saturated rings. The van der Waals surface area contributed by atoms with E-state index in [2.05, 4.69) is 0 Å². The number of nitro groups is 1. The fourth-order valence-electron chi connectivity index (χ4n) is 3.66. The third kappa shape index (κ3) is 4.51. The van der Waals surface area contributed by atoms with Crippen LogP contribution in [0.2, 0.25) is 0 Å². The van der Waals surface area contributed by atoms with Crippen molar-refractivity contribution in [1.82, 2.24) is 4.31 Å². The second-order valence-corrected chi connectivity index (χ2v) is 9.35. The molecule has 0 aromatic heterocycles. The number of benzene rings is 2. The predicted octanol–water partition coefficient (Wildman–Crippen LogP) is 4.06. The first-order valence-corrected chi connectivity index (χ1v) is 10.8. The molecule has 1 aliphatic heterocycles. The van der Waals surface area contributed by atoms with Crippen molar-refractivity contribution in [2.24, 2.45) is 11.8 Å². The fourth-order valence-corrected chi connectivity index (χ4v) is 5.36. The lowest BCUT2D eigenvalue weighted by Gasteiger charge is -2.34. The van der Waals surface area contributed by atoms with Crippen LogP contribution < -0.4 is 9.47 Å². The first kappa shape index (κ1) is 21.1. The average Bonchev–Trinajstić information content (AvgIpc) is 2.67. The van der Waals surface area contributed by atoms with Crippen molar-refractivity contribution in [3.8, 4) is 17.2 Å². The van der Waals surface area contributed by atoms with Gasteiger partial charge in [0.2, 0.25) is 15.8 Å². The molecule has 0 spiro atoms. The van der Waals surface area contributed by atoms with Gasteiger partial charge in [0, 0.05) is 19.2 Å². The molecule has 29 heavy (non-hydrogen) atoms. The summed E-state index contributed by atoms with van der Waals surface area (Å²) in [4.78, 5) is 10.9. The molecule has 8 nitrogen and oxygen atoms in total. The van der Waals surface area contributed by atoms with Gasteiger partial charge in [-0.1, -0.05) is 26.0 Å². The number of para-hydroxylation sites is 2. The zero-order chi connectivity index (χ0) is 21.2. The summed E-state index contributed by atoms with van der Waals surface area (Å²) in [6.45, 7) is 4.81. The topological polar surface area (TPSA) is 99.0 Å². The van der Waals surface area contributed by atoms with Gasteiger partial charge in [0.15, 0.2) is 11.5 Å². The number of ether oxygens (including phenoxy) is 2. The van der Waals surface area contributed by atoms with Crippen LogP contribution in [0.1, 0.15) is 20.3 Å². The van der Waals surface area contributed by atoms with Crippen LogP contribution in [0.4, 0.5) is 5.69 Å². The van der Waals surface area contributed by atoms with E-state index < -0.39 is 20.6 Å². The van der Waals surface area contributed by atoms with Crippen LogP contribution in [0.5, 0.6) is 17.2 Å². The molecule has 2 atom stereocenters. The molecule has 2 aromatic carbocycles. The lowest BCUT2D eigenvalue weighted by atomic mass is 9.94. The zero-order valence-corrected chi connectivity index (χ0v) is 17.4. The molecule has 1 heterocycles. The highest BCUT2D eigenvalue weighted by molar-refractivity contribution is 7.89. The molecular weight excluding hydrogens is 396 g/mol. The minimum Gasteiger partial charge on any atom is -0.493 e. The minimum absolute atomic E-state index is 0.0566. The van der Waals surface area contributed by atoms with E-state index in [1.807, 2.05) is 13.8 Å². The molecule has 9 heteroatoms. The van der Waals surface area contributed by atoms with Crippen molar-refractivity contribution in [2.45, 2.75) is 25.2 Å². The lowest BCUT2D eigenvalue weighted by molar-refractivity contribution is -0.385. The Morgan fingerprint density at radius 1 is 1.03 bits per heavy atom. The fraction of sp³-hybridized carbons (Fsp3) is 0.400. The highest BCUT2D eigenvalue weighted by Crippen LogP contribution is 2.38. The van der Waals surface area contributed by atoms with Crippen LogP contribution in [0.3, 0.4) is 0 Å². The van der Waals surface area contributed by atoms with Crippen molar-refractivity contribution in [2.75, 3.05) is 20.2 Å². The Morgan fingerprint density at radius 2 is 1.66 bits per heavy atom. The standard InChI is InChI=1S/C20H24N2O6S/c1-14-10-15(2)13-21(12-14)29(25,26)16-8-9-18(17(11-16)22(23)24)28-20-7-5-4-6-19(20)27-3/h4-9,11,14-15H,10,12-13H2,1-3H3/t14-,15+. The summed E-state index contributed by atoms with van der Waals surface area (Å²) in [5.74, 6) is 1.12. The predicted molar refractivity (Wildman–Crippen MR) is 108 cm³/mol. The van der Waals surface area contributed by atoms with Crippen molar-refractivity contribution in [3.05, 3.63) is 52.6 Å². The van der Waals surface area contributed by atoms with Crippen molar-refractivity contribution >= 4 is 15.7 Å². The second-order valence-electron chi connectivity index (χ2n) is 7.41. The Kier molecular flexibility index (Phi) is 6.09. The van der Waals surface area contributed by atoms with E-state index in [1.165, 1.54) is 23.5 Å². The summed E-state index contributed by atoms with van der Waals surface area (Å²) in [7, 11) is -2.37. The van der Waals surface area contributed by atoms with Gasteiger partial charge in [0.1, 0.15) is 0 Å². The Hall–Kier alpha value is -2.65. The lowest BCUT2D eigenvalue weighted by Crippen LogP contribution is -2.42. The van der Waals surface area contributed by atoms with E-state index in [0.29, 0.717) is 24.6 Å². The molecule has 0 amide bonds. The quantitative estimate of drug-likeness (QED) is 0.516. The SMILES string of the molecule is COc1ccccc1Oc1ccc(S(=O)(=O)N2C[C@H](C)C[C@H](C)C2)cc1[N+](=O)[O-]. The van der Waals surface area contributed by atoms with Gasteiger partial charge in [-0.3, -0.25) is 10.1 Å². The monoisotopic (exact) mass is 420 g/mol. The number of hydrogen-bond acceptors (Lipinski definition) is 6. The Bertz CT molecular complexity index is 998. The molecular formula is C20H24N2O6S. The van der Waals surface area contributed by atoms with Gasteiger partial charge in [-0.05, 0) is 42.5 Å². The summed E-state index contributed by atoms with van der Waals surface area (Å²) < 4.78 is 38.4. The first-order valence-electron chi connectivity index (χ1n) is 9.31. The summed E-state index contributed by atoms with van der Waals surface area (Å²) >= 11 is 0. The van der Waals surface area contributed by atoms with Crippen molar-refractivity contribution in [1.29, 1.82) is 0 Å². The Morgan fingerprint density at radius 3 is 2.24 bits per heavy atom. The van der Waals surface area contributed by atoms with Gasteiger partial charge >= 0.3 is 5.69 Å². The summed E-state index contributed by atoms with van der Waals surface area (Å²) in [5, 5.41) is 11.6. The van der Waals surface area contributed by atoms with Gasteiger partial charge in [-0.15, -0.1) is 0 Å². The summed E-state index contributed by atoms with van der Waals surface area (Å²) in [6, 6.07) is 10.5. The van der Waals surface area contributed by atoms with Crippen molar-refractivity contribution in [3.63, 3.8) is 0 Å². The third-order valence-corrected chi connectivity index (χ3v) is 6.72. The minimum atomic E-state index is -3.84. The van der Waals surface area contributed by atoms with Crippen molar-refractivity contribution < 1.29 is 22.8 Å². The van der Waals surface area contributed by atoms with Crippen LogP contribution in [-0.4, -0.2) is 37.8 Å². The second kappa shape index (κ2) is 8.38. The molecule has 0 N–H and O–H groups in total. The third-order valence-electron chi connectivity index (χ3n) is 4.89. The van der Waals surface area contributed by atoms with E-state index in [-0.39, 0.29) is 22.5 Å². The number of hydrogen-bond donors (Lipinski definition) is 0. The molecule has 0 unspecified atom stereocenters. The highest BCUT2D eigenvalue weighted by Gasteiger charge is 2.33. The zero-order valence-electron chi connectivity index (χ0n) is 16.6. The van der Waals surface area contributed by atoms with Crippen LogP contribution in [0, 0.1) is 22.0 Å². The van der Waals surface area contributed by atoms with E-state index in [4.69, 9.17) is 9.47 Å². The highest BCUT2D eigenvalue weighted by atomic mass is 32.2. The molecule has 0 aliphatic carbocycles. The molecule has 0 saturated carbocycles. The van der Waals surface area contributed by atoms with Gasteiger partial charge < -0.3 is 9.47 Å². The maximum Gasteiger partial charge on any atom is 0.312 e. The molecule has 0 radical (unpaired) electrons. The number of piperidine rings is 1. The van der Waals surface area contributed by atoms with Gasteiger partial charge in [-0.25, -0.2) is 8.42 Å². The van der Waals surface area contributed by atoms with E-state index >= 15 is 0 Å². The van der Waals surface area contributed by atoms with Crippen LogP contribution in [-0.2, 0) is 10.0 Å². The number of rotatable bonds is 6. The first-order chi connectivity index (χ1) is 13.7. The molecule has 0 bridgehead atoms. The number of nitro benzene ring substituents is 1. The van der Waals surface area contributed by atoms with E-state index in [0.717, 1.165) is 12.5 Å². The molecule has 156 valence electrons. The van der Waals surface area contributed by atoms with Crippen LogP contribution in [0.15, 0.2) is 47.4 Å².